The molecule has 0 saturated carbocycles. The van der Waals surface area contributed by atoms with Crippen LogP contribution in [0.25, 0.3) is 0 Å². The molecule has 2 aliphatic rings. The van der Waals surface area contributed by atoms with E-state index in [0.29, 0.717) is 36.3 Å². The zero-order valence-corrected chi connectivity index (χ0v) is 18.4. The van der Waals surface area contributed by atoms with E-state index in [1.165, 1.54) is 25.3 Å². The zero-order chi connectivity index (χ0) is 23.8. The van der Waals surface area contributed by atoms with Crippen LogP contribution in [0.5, 0.6) is 5.75 Å². The first-order valence-electron chi connectivity index (χ1n) is 10.6. The Morgan fingerprint density at radius 2 is 2.00 bits per heavy atom. The Balaban J connectivity index is 1.46. The molecule has 0 radical (unpaired) electrons. The Bertz CT molecular complexity index is 1150. The van der Waals surface area contributed by atoms with Gasteiger partial charge in [-0.05, 0) is 38.0 Å². The second kappa shape index (κ2) is 8.53. The standard InChI is InChI=1S/C23H24N4O6/c1-23-12-11-21(29)26(23)18-7-4-3-6-16(18)22(30)25(23)13-5-8-20(28)24-17-14-15(27(31)32)9-10-19(17)33-2/h3-4,6-7,9-10,14H,5,8,11-13H2,1-2H3,(H,24,28). The average Bonchev–Trinajstić information content (AvgIpc) is 3.11. The molecule has 0 aromatic heterocycles. The fraction of sp³-hybridized carbons (Fsp3) is 0.348. The Morgan fingerprint density at radius 1 is 1.24 bits per heavy atom. The minimum Gasteiger partial charge on any atom is -0.495 e. The van der Waals surface area contributed by atoms with E-state index >= 15 is 0 Å². The number of hydrogen-bond acceptors (Lipinski definition) is 6. The van der Waals surface area contributed by atoms with Crippen molar-refractivity contribution in [3.8, 4) is 5.75 Å². The number of nitro benzene ring substituents is 1. The largest absolute Gasteiger partial charge is 0.495 e. The molecule has 3 amide bonds. The van der Waals surface area contributed by atoms with Crippen molar-refractivity contribution < 1.29 is 24.0 Å². The van der Waals surface area contributed by atoms with Crippen LogP contribution < -0.4 is 15.0 Å². The van der Waals surface area contributed by atoms with Crippen LogP contribution in [0.2, 0.25) is 0 Å². The smallest absolute Gasteiger partial charge is 0.271 e. The number of hydrogen-bond donors (Lipinski definition) is 1. The van der Waals surface area contributed by atoms with E-state index in [2.05, 4.69) is 5.32 Å². The highest BCUT2D eigenvalue weighted by Gasteiger charge is 2.52. The Morgan fingerprint density at radius 3 is 2.73 bits per heavy atom. The minimum atomic E-state index is -0.776. The average molecular weight is 452 g/mol. The van der Waals surface area contributed by atoms with Crippen molar-refractivity contribution in [2.24, 2.45) is 0 Å². The number of rotatable bonds is 7. The first kappa shape index (κ1) is 22.3. The summed E-state index contributed by atoms with van der Waals surface area (Å²) in [5, 5.41) is 13.7. The molecule has 1 N–H and O–H groups in total. The number of carbonyl (C=O) groups is 3. The van der Waals surface area contributed by atoms with Gasteiger partial charge in [-0.25, -0.2) is 0 Å². The molecule has 172 valence electrons. The quantitative estimate of drug-likeness (QED) is 0.508. The SMILES string of the molecule is COc1ccc([N+](=O)[O-])cc1NC(=O)CCCN1C(=O)c2ccccc2N2C(=O)CCC12C. The Labute approximate surface area is 190 Å². The van der Waals surface area contributed by atoms with E-state index in [0.717, 1.165) is 0 Å². The van der Waals surface area contributed by atoms with E-state index in [-0.39, 0.29) is 42.1 Å². The number of nitrogens with one attached hydrogen (secondary N) is 1. The maximum atomic E-state index is 13.2. The topological polar surface area (TPSA) is 122 Å². The van der Waals surface area contributed by atoms with Crippen molar-refractivity contribution in [1.29, 1.82) is 0 Å². The lowest BCUT2D eigenvalue weighted by Crippen LogP contribution is -2.62. The maximum Gasteiger partial charge on any atom is 0.271 e. The van der Waals surface area contributed by atoms with Gasteiger partial charge in [-0.2, -0.15) is 0 Å². The predicted octanol–water partition coefficient (Wildman–Crippen LogP) is 3.32. The fourth-order valence-electron chi connectivity index (χ4n) is 4.56. The molecule has 0 spiro atoms. The number of ether oxygens (including phenoxy) is 1. The third-order valence-electron chi connectivity index (χ3n) is 6.20. The first-order chi connectivity index (χ1) is 15.8. The molecular weight excluding hydrogens is 428 g/mol. The summed E-state index contributed by atoms with van der Waals surface area (Å²) < 4.78 is 5.17. The highest BCUT2D eigenvalue weighted by atomic mass is 16.6. The second-order valence-electron chi connectivity index (χ2n) is 8.21. The summed E-state index contributed by atoms with van der Waals surface area (Å²) in [7, 11) is 1.41. The lowest BCUT2D eigenvalue weighted by atomic mass is 9.98. The van der Waals surface area contributed by atoms with Crippen molar-refractivity contribution in [1.82, 2.24) is 4.90 Å². The van der Waals surface area contributed by atoms with E-state index in [1.54, 1.807) is 34.1 Å². The zero-order valence-electron chi connectivity index (χ0n) is 18.4. The van der Waals surface area contributed by atoms with Gasteiger partial charge < -0.3 is 15.0 Å². The van der Waals surface area contributed by atoms with Crippen molar-refractivity contribution in [3.05, 3.63) is 58.1 Å². The number of methoxy groups -OCH3 is 1. The maximum absolute atomic E-state index is 13.2. The number of para-hydroxylation sites is 1. The van der Waals surface area contributed by atoms with Crippen LogP contribution in [0.4, 0.5) is 17.1 Å². The minimum absolute atomic E-state index is 0.0297. The molecule has 10 nitrogen and oxygen atoms in total. The summed E-state index contributed by atoms with van der Waals surface area (Å²) in [5.74, 6) is -0.245. The van der Waals surface area contributed by atoms with Crippen molar-refractivity contribution in [3.63, 3.8) is 0 Å². The summed E-state index contributed by atoms with van der Waals surface area (Å²) in [6, 6.07) is 11.0. The normalized spacial score (nSPS) is 19.2. The van der Waals surface area contributed by atoms with Crippen LogP contribution in [0.3, 0.4) is 0 Å². The van der Waals surface area contributed by atoms with Crippen molar-refractivity contribution in [2.75, 3.05) is 23.9 Å². The third kappa shape index (κ3) is 3.88. The summed E-state index contributed by atoms with van der Waals surface area (Å²) in [6.45, 7) is 2.16. The number of anilines is 2. The van der Waals surface area contributed by atoms with Gasteiger partial charge in [0, 0.05) is 31.5 Å². The Hall–Kier alpha value is -3.95. The van der Waals surface area contributed by atoms with Crippen LogP contribution >= 0.6 is 0 Å². The van der Waals surface area contributed by atoms with Gasteiger partial charge in [0.1, 0.15) is 11.4 Å². The number of nitro groups is 1. The van der Waals surface area contributed by atoms with Crippen molar-refractivity contribution >= 4 is 34.8 Å². The van der Waals surface area contributed by atoms with Crippen LogP contribution in [0, 0.1) is 10.1 Å². The highest BCUT2D eigenvalue weighted by molar-refractivity contribution is 6.10. The van der Waals surface area contributed by atoms with Crippen LogP contribution in [-0.4, -0.2) is 46.9 Å². The molecular formula is C23H24N4O6. The number of amides is 3. The van der Waals surface area contributed by atoms with Gasteiger partial charge >= 0.3 is 0 Å². The molecule has 2 heterocycles. The van der Waals surface area contributed by atoms with E-state index < -0.39 is 10.6 Å². The van der Waals surface area contributed by atoms with E-state index in [4.69, 9.17) is 4.74 Å². The first-order valence-corrected chi connectivity index (χ1v) is 10.6. The molecule has 1 atom stereocenters. The lowest BCUT2D eigenvalue weighted by Gasteiger charge is -2.48. The van der Waals surface area contributed by atoms with E-state index in [1.807, 2.05) is 6.92 Å². The molecule has 1 unspecified atom stereocenters. The number of nitrogens with zero attached hydrogens (tertiary/aromatic N) is 3. The molecule has 1 saturated heterocycles. The van der Waals surface area contributed by atoms with Gasteiger partial charge in [0.2, 0.25) is 11.8 Å². The van der Waals surface area contributed by atoms with Gasteiger partial charge in [0.25, 0.3) is 11.6 Å². The molecule has 0 bridgehead atoms. The lowest BCUT2D eigenvalue weighted by molar-refractivity contribution is -0.384. The number of fused-ring (bicyclic) bond motifs is 3. The molecule has 33 heavy (non-hydrogen) atoms. The Kier molecular flexibility index (Phi) is 5.75. The van der Waals surface area contributed by atoms with Crippen LogP contribution in [0.15, 0.2) is 42.5 Å². The second-order valence-corrected chi connectivity index (χ2v) is 8.21. The van der Waals surface area contributed by atoms with Gasteiger partial charge in [-0.3, -0.25) is 29.4 Å². The summed E-state index contributed by atoms with van der Waals surface area (Å²) in [6.07, 6.45) is 1.31. The molecule has 1 fully saturated rings. The molecule has 4 rings (SSSR count). The molecule has 2 aliphatic heterocycles. The molecule has 0 aliphatic carbocycles. The van der Waals surface area contributed by atoms with Gasteiger partial charge in [-0.15, -0.1) is 0 Å². The van der Waals surface area contributed by atoms with Crippen molar-refractivity contribution in [2.45, 2.75) is 38.3 Å². The van der Waals surface area contributed by atoms with Gasteiger partial charge in [-0.1, -0.05) is 12.1 Å². The molecule has 2 aromatic rings. The molecule has 2 aromatic carbocycles. The summed E-state index contributed by atoms with van der Waals surface area (Å²) in [5.41, 5.74) is 0.361. The number of carbonyl (C=O) groups excluding carboxylic acids is 3. The highest BCUT2D eigenvalue weighted by Crippen LogP contribution is 2.44. The van der Waals surface area contributed by atoms with Crippen LogP contribution in [0.1, 0.15) is 43.0 Å². The third-order valence-corrected chi connectivity index (χ3v) is 6.20. The predicted molar refractivity (Wildman–Crippen MR) is 120 cm³/mol. The van der Waals surface area contributed by atoms with Gasteiger partial charge in [0.15, 0.2) is 0 Å². The van der Waals surface area contributed by atoms with Crippen LogP contribution in [-0.2, 0) is 9.59 Å². The monoisotopic (exact) mass is 452 g/mol. The summed E-state index contributed by atoms with van der Waals surface area (Å²) in [4.78, 5) is 52.2. The number of benzene rings is 2. The fourth-order valence-corrected chi connectivity index (χ4v) is 4.56. The summed E-state index contributed by atoms with van der Waals surface area (Å²) >= 11 is 0. The van der Waals surface area contributed by atoms with E-state index in [9.17, 15) is 24.5 Å². The molecule has 10 heteroatoms. The van der Waals surface area contributed by atoms with Gasteiger partial charge in [0.05, 0.1) is 29.0 Å². The number of non-ortho nitro benzene ring substituents is 1.